The van der Waals surface area contributed by atoms with E-state index in [1.165, 1.54) is 11.3 Å². The van der Waals surface area contributed by atoms with Gasteiger partial charge in [0.1, 0.15) is 0 Å². The summed E-state index contributed by atoms with van der Waals surface area (Å²) in [6.07, 6.45) is 1.70. The maximum Gasteiger partial charge on any atom is 0.264 e. The number of nitrogen functional groups attached to an aromatic ring is 1. The zero-order valence-electron chi connectivity index (χ0n) is 12.4. The number of hydrogen-bond acceptors (Lipinski definition) is 4. The maximum atomic E-state index is 12.4. The Labute approximate surface area is 124 Å². The van der Waals surface area contributed by atoms with Crippen LogP contribution in [-0.4, -0.2) is 36.3 Å². The third-order valence-electron chi connectivity index (χ3n) is 2.85. The number of nitrogens with one attached hydrogen (secondary N) is 1. The van der Waals surface area contributed by atoms with Crippen LogP contribution in [0.3, 0.4) is 0 Å². The van der Waals surface area contributed by atoms with Crippen molar-refractivity contribution in [1.29, 1.82) is 0 Å². The standard InChI is InChI=1S/C14H23N3O2S/c1-4-6-16-13(18)9-17(7-5-2)14(19)12-8-11(15)10(3)20-12/h8H,4-7,9,15H2,1-3H3,(H,16,18). The Kier molecular flexibility index (Phi) is 6.51. The molecule has 0 radical (unpaired) electrons. The Balaban J connectivity index is 2.74. The number of hydrogen-bond donors (Lipinski definition) is 2. The van der Waals surface area contributed by atoms with Crippen molar-refractivity contribution in [3.63, 3.8) is 0 Å². The van der Waals surface area contributed by atoms with Crippen molar-refractivity contribution in [3.05, 3.63) is 15.8 Å². The first kappa shape index (κ1) is 16.5. The molecule has 1 aromatic heterocycles. The summed E-state index contributed by atoms with van der Waals surface area (Å²) >= 11 is 1.37. The van der Waals surface area contributed by atoms with Gasteiger partial charge in [0.15, 0.2) is 0 Å². The van der Waals surface area contributed by atoms with Crippen LogP contribution >= 0.6 is 11.3 Å². The van der Waals surface area contributed by atoms with E-state index in [9.17, 15) is 9.59 Å². The lowest BCUT2D eigenvalue weighted by atomic mass is 10.3. The molecule has 5 nitrogen and oxygen atoms in total. The summed E-state index contributed by atoms with van der Waals surface area (Å²) in [6, 6.07) is 1.69. The van der Waals surface area contributed by atoms with Crippen LogP contribution < -0.4 is 11.1 Å². The highest BCUT2D eigenvalue weighted by molar-refractivity contribution is 7.14. The number of carbonyl (C=O) groups excluding carboxylic acids is 2. The molecule has 3 N–H and O–H groups in total. The smallest absolute Gasteiger partial charge is 0.264 e. The summed E-state index contributed by atoms with van der Waals surface area (Å²) in [5.41, 5.74) is 6.41. The molecule has 0 atom stereocenters. The van der Waals surface area contributed by atoms with E-state index < -0.39 is 0 Å². The molecular formula is C14H23N3O2S. The Morgan fingerprint density at radius 1 is 1.35 bits per heavy atom. The van der Waals surface area contributed by atoms with E-state index >= 15 is 0 Å². The maximum absolute atomic E-state index is 12.4. The molecule has 0 aromatic carbocycles. The molecule has 0 aliphatic heterocycles. The molecule has 1 heterocycles. The second-order valence-corrected chi connectivity index (χ2v) is 5.96. The van der Waals surface area contributed by atoms with Crippen LogP contribution in [0.5, 0.6) is 0 Å². The topological polar surface area (TPSA) is 75.4 Å². The van der Waals surface area contributed by atoms with Crippen LogP contribution in [0.2, 0.25) is 0 Å². The third kappa shape index (κ3) is 4.52. The normalized spacial score (nSPS) is 10.3. The van der Waals surface area contributed by atoms with E-state index in [1.54, 1.807) is 11.0 Å². The molecule has 2 amide bonds. The highest BCUT2D eigenvalue weighted by Crippen LogP contribution is 2.24. The van der Waals surface area contributed by atoms with Gasteiger partial charge in [-0.05, 0) is 25.8 Å². The van der Waals surface area contributed by atoms with Gasteiger partial charge >= 0.3 is 0 Å². The lowest BCUT2D eigenvalue weighted by molar-refractivity contribution is -0.121. The van der Waals surface area contributed by atoms with Crippen molar-refractivity contribution in [2.75, 3.05) is 25.4 Å². The van der Waals surface area contributed by atoms with Gasteiger partial charge in [-0.15, -0.1) is 11.3 Å². The average Bonchev–Trinajstić information content (AvgIpc) is 2.75. The molecule has 0 aliphatic carbocycles. The SMILES string of the molecule is CCCNC(=O)CN(CCC)C(=O)c1cc(N)c(C)s1. The molecule has 0 aliphatic rings. The van der Waals surface area contributed by atoms with Crippen LogP contribution in [0.15, 0.2) is 6.07 Å². The van der Waals surface area contributed by atoms with E-state index in [0.29, 0.717) is 23.7 Å². The van der Waals surface area contributed by atoms with Crippen molar-refractivity contribution in [2.45, 2.75) is 33.6 Å². The fraction of sp³-hybridized carbons (Fsp3) is 0.571. The Hall–Kier alpha value is -1.56. The van der Waals surface area contributed by atoms with E-state index in [1.807, 2.05) is 20.8 Å². The summed E-state index contributed by atoms with van der Waals surface area (Å²) in [5.74, 6) is -0.238. The van der Waals surface area contributed by atoms with Crippen molar-refractivity contribution in [3.8, 4) is 0 Å². The molecule has 1 aromatic rings. The number of amides is 2. The first-order valence-electron chi connectivity index (χ1n) is 6.91. The van der Waals surface area contributed by atoms with Gasteiger partial charge in [0, 0.05) is 23.7 Å². The van der Waals surface area contributed by atoms with Gasteiger partial charge in [0.2, 0.25) is 5.91 Å². The Bertz CT molecular complexity index is 451. The number of nitrogens with two attached hydrogens (primary N) is 1. The number of carbonyl (C=O) groups is 2. The van der Waals surface area contributed by atoms with E-state index in [2.05, 4.69) is 5.32 Å². The van der Waals surface area contributed by atoms with E-state index in [-0.39, 0.29) is 18.4 Å². The van der Waals surface area contributed by atoms with Gasteiger partial charge in [0.05, 0.1) is 11.4 Å². The molecule has 6 heteroatoms. The average molecular weight is 297 g/mol. The zero-order chi connectivity index (χ0) is 15.1. The molecule has 20 heavy (non-hydrogen) atoms. The van der Waals surface area contributed by atoms with E-state index in [4.69, 9.17) is 5.73 Å². The lowest BCUT2D eigenvalue weighted by Crippen LogP contribution is -2.41. The first-order valence-corrected chi connectivity index (χ1v) is 7.73. The highest BCUT2D eigenvalue weighted by Gasteiger charge is 2.20. The van der Waals surface area contributed by atoms with Crippen molar-refractivity contribution in [1.82, 2.24) is 10.2 Å². The van der Waals surface area contributed by atoms with Crippen LogP contribution in [0.1, 0.15) is 41.2 Å². The minimum absolute atomic E-state index is 0.101. The second kappa shape index (κ2) is 7.89. The van der Waals surface area contributed by atoms with Crippen LogP contribution in [0.4, 0.5) is 5.69 Å². The molecule has 0 fully saturated rings. The summed E-state index contributed by atoms with van der Waals surface area (Å²) in [6.45, 7) is 7.16. The van der Waals surface area contributed by atoms with Gasteiger partial charge in [-0.2, -0.15) is 0 Å². The summed E-state index contributed by atoms with van der Waals surface area (Å²) in [5, 5.41) is 2.79. The number of aryl methyl sites for hydroxylation is 1. The molecule has 0 spiro atoms. The van der Waals surface area contributed by atoms with Gasteiger partial charge < -0.3 is 16.0 Å². The van der Waals surface area contributed by atoms with Crippen molar-refractivity contribution >= 4 is 28.8 Å². The number of rotatable bonds is 7. The van der Waals surface area contributed by atoms with Crippen molar-refractivity contribution < 1.29 is 9.59 Å². The predicted octanol–water partition coefficient (Wildman–Crippen LogP) is 2.02. The summed E-state index contributed by atoms with van der Waals surface area (Å²) < 4.78 is 0. The summed E-state index contributed by atoms with van der Waals surface area (Å²) in [4.78, 5) is 27.3. The molecule has 0 bridgehead atoms. The predicted molar refractivity (Wildman–Crippen MR) is 83.0 cm³/mol. The largest absolute Gasteiger partial charge is 0.398 e. The fourth-order valence-electron chi connectivity index (χ4n) is 1.77. The van der Waals surface area contributed by atoms with Crippen LogP contribution in [0, 0.1) is 6.92 Å². The lowest BCUT2D eigenvalue weighted by Gasteiger charge is -2.20. The molecule has 112 valence electrons. The van der Waals surface area contributed by atoms with Gasteiger partial charge in [-0.1, -0.05) is 13.8 Å². The Morgan fingerprint density at radius 3 is 2.55 bits per heavy atom. The minimum Gasteiger partial charge on any atom is -0.398 e. The first-order chi connectivity index (χ1) is 9.49. The molecule has 1 rings (SSSR count). The van der Waals surface area contributed by atoms with Gasteiger partial charge in [0.25, 0.3) is 5.91 Å². The molecule has 0 saturated carbocycles. The van der Waals surface area contributed by atoms with Crippen LogP contribution in [0.25, 0.3) is 0 Å². The highest BCUT2D eigenvalue weighted by atomic mass is 32.1. The zero-order valence-corrected chi connectivity index (χ0v) is 13.2. The molecule has 0 unspecified atom stereocenters. The van der Waals surface area contributed by atoms with E-state index in [0.717, 1.165) is 17.7 Å². The van der Waals surface area contributed by atoms with Crippen molar-refractivity contribution in [2.24, 2.45) is 0 Å². The minimum atomic E-state index is -0.122. The fourth-order valence-corrected chi connectivity index (χ4v) is 2.68. The third-order valence-corrected chi connectivity index (χ3v) is 3.91. The number of thiophene rings is 1. The number of anilines is 1. The molecule has 0 saturated heterocycles. The molecular weight excluding hydrogens is 274 g/mol. The number of nitrogens with zero attached hydrogens (tertiary/aromatic N) is 1. The van der Waals surface area contributed by atoms with Gasteiger partial charge in [-0.3, -0.25) is 9.59 Å². The van der Waals surface area contributed by atoms with Gasteiger partial charge in [-0.25, -0.2) is 0 Å². The van der Waals surface area contributed by atoms with Crippen LogP contribution in [-0.2, 0) is 4.79 Å². The quantitative estimate of drug-likeness (QED) is 0.808. The summed E-state index contributed by atoms with van der Waals surface area (Å²) in [7, 11) is 0. The monoisotopic (exact) mass is 297 g/mol. The Morgan fingerprint density at radius 2 is 2.05 bits per heavy atom. The second-order valence-electron chi connectivity index (χ2n) is 4.70.